The predicted molar refractivity (Wildman–Crippen MR) is 89.2 cm³/mol. The molecule has 21 heavy (non-hydrogen) atoms. The van der Waals surface area contributed by atoms with E-state index in [2.05, 4.69) is 33.1 Å². The van der Waals surface area contributed by atoms with Gasteiger partial charge in [-0.2, -0.15) is 0 Å². The molecule has 1 aliphatic heterocycles. The van der Waals surface area contributed by atoms with Crippen LogP contribution in [-0.2, 0) is 6.54 Å². The molecule has 2 rings (SSSR count). The molecule has 1 aromatic rings. The van der Waals surface area contributed by atoms with E-state index in [1.165, 1.54) is 25.1 Å². The highest BCUT2D eigenvalue weighted by molar-refractivity contribution is 9.10. The fourth-order valence-corrected chi connectivity index (χ4v) is 3.27. The average molecular weight is 357 g/mol. The van der Waals surface area contributed by atoms with Gasteiger partial charge in [0.1, 0.15) is 0 Å². The molecule has 0 radical (unpaired) electrons. The third kappa shape index (κ3) is 4.34. The molecule has 0 spiro atoms. The Morgan fingerprint density at radius 3 is 2.62 bits per heavy atom. The number of hydrogen-bond donors (Lipinski definition) is 1. The first-order valence-corrected chi connectivity index (χ1v) is 8.30. The maximum atomic E-state index is 5.36. The molecule has 1 saturated heterocycles. The van der Waals surface area contributed by atoms with E-state index in [0.29, 0.717) is 0 Å². The molecule has 0 saturated carbocycles. The summed E-state index contributed by atoms with van der Waals surface area (Å²) in [5.74, 6) is 2.29. The number of hydrogen-bond acceptors (Lipinski definition) is 4. The van der Waals surface area contributed by atoms with E-state index in [1.807, 2.05) is 12.1 Å². The number of nitrogens with zero attached hydrogens (tertiary/aromatic N) is 1. The zero-order chi connectivity index (χ0) is 15.2. The molecule has 118 valence electrons. The van der Waals surface area contributed by atoms with Gasteiger partial charge in [0.25, 0.3) is 0 Å². The minimum atomic E-state index is 0.752. The highest BCUT2D eigenvalue weighted by atomic mass is 79.9. The molecular formula is C16H25BrN2O2. The molecule has 0 amide bonds. The number of halogens is 1. The van der Waals surface area contributed by atoms with Crippen molar-refractivity contribution in [2.45, 2.75) is 19.9 Å². The zero-order valence-corrected chi connectivity index (χ0v) is 14.7. The number of likely N-dealkylation sites (tertiary alicyclic amines) is 1. The Kier molecular flexibility index (Phi) is 6.33. The fourth-order valence-electron chi connectivity index (χ4n) is 2.81. The summed E-state index contributed by atoms with van der Waals surface area (Å²) >= 11 is 3.60. The van der Waals surface area contributed by atoms with Crippen LogP contribution in [0.15, 0.2) is 16.6 Å². The third-order valence-electron chi connectivity index (χ3n) is 4.12. The average Bonchev–Trinajstić information content (AvgIpc) is 2.96. The Hall–Kier alpha value is -0.780. The van der Waals surface area contributed by atoms with Gasteiger partial charge in [-0.15, -0.1) is 0 Å². The Morgan fingerprint density at radius 1 is 1.29 bits per heavy atom. The van der Waals surface area contributed by atoms with Crippen molar-refractivity contribution in [2.24, 2.45) is 5.92 Å². The first-order chi connectivity index (χ1) is 10.2. The first-order valence-electron chi connectivity index (χ1n) is 7.51. The number of rotatable bonds is 7. The number of nitrogens with one attached hydrogen (secondary N) is 1. The Bertz CT molecular complexity index is 468. The summed E-state index contributed by atoms with van der Waals surface area (Å²) in [4.78, 5) is 2.51. The standard InChI is InChI=1S/C16H25BrN2O2/c1-4-19-6-5-12(11-19)9-18-10-13-7-15(20-2)16(21-3)8-14(13)17/h7-8,12,18H,4-6,9-11H2,1-3H3/t12-/m0/s1. The maximum absolute atomic E-state index is 5.36. The van der Waals surface area contributed by atoms with Crippen LogP contribution in [0.4, 0.5) is 0 Å². The van der Waals surface area contributed by atoms with E-state index in [-0.39, 0.29) is 0 Å². The minimum Gasteiger partial charge on any atom is -0.493 e. The van der Waals surface area contributed by atoms with Crippen molar-refractivity contribution in [2.75, 3.05) is 40.4 Å². The molecular weight excluding hydrogens is 332 g/mol. The second-order valence-corrected chi connectivity index (χ2v) is 6.33. The lowest BCUT2D eigenvalue weighted by Gasteiger charge is -2.15. The minimum absolute atomic E-state index is 0.752. The van der Waals surface area contributed by atoms with Gasteiger partial charge in [-0.1, -0.05) is 22.9 Å². The molecule has 5 heteroatoms. The van der Waals surface area contributed by atoms with Gasteiger partial charge in [-0.05, 0) is 49.7 Å². The van der Waals surface area contributed by atoms with Gasteiger partial charge in [0.15, 0.2) is 11.5 Å². The van der Waals surface area contributed by atoms with Crippen LogP contribution in [0.2, 0.25) is 0 Å². The van der Waals surface area contributed by atoms with Crippen LogP contribution in [-0.4, -0.2) is 45.3 Å². The summed E-state index contributed by atoms with van der Waals surface area (Å²) in [7, 11) is 3.32. The van der Waals surface area contributed by atoms with Crippen LogP contribution in [0.25, 0.3) is 0 Å². The van der Waals surface area contributed by atoms with Crippen molar-refractivity contribution >= 4 is 15.9 Å². The summed E-state index contributed by atoms with van der Waals surface area (Å²) in [6, 6.07) is 3.99. The molecule has 0 aliphatic carbocycles. The lowest BCUT2D eigenvalue weighted by atomic mass is 10.1. The number of ether oxygens (including phenoxy) is 2. The molecule has 1 aromatic carbocycles. The highest BCUT2D eigenvalue weighted by Gasteiger charge is 2.20. The van der Waals surface area contributed by atoms with Crippen molar-refractivity contribution in [3.8, 4) is 11.5 Å². The van der Waals surface area contributed by atoms with E-state index in [9.17, 15) is 0 Å². The monoisotopic (exact) mass is 356 g/mol. The van der Waals surface area contributed by atoms with E-state index in [0.717, 1.165) is 41.5 Å². The fraction of sp³-hybridized carbons (Fsp3) is 0.625. The second kappa shape index (κ2) is 8.01. The summed E-state index contributed by atoms with van der Waals surface area (Å²) in [5.41, 5.74) is 1.19. The Labute approximate surface area is 135 Å². The van der Waals surface area contributed by atoms with Crippen LogP contribution in [0.5, 0.6) is 11.5 Å². The molecule has 1 fully saturated rings. The Morgan fingerprint density at radius 2 is 2.00 bits per heavy atom. The van der Waals surface area contributed by atoms with Gasteiger partial charge in [-0.3, -0.25) is 0 Å². The SMILES string of the molecule is CCN1CC[C@@H](CNCc2cc(OC)c(OC)cc2Br)C1. The van der Waals surface area contributed by atoms with Gasteiger partial charge in [-0.25, -0.2) is 0 Å². The molecule has 1 N–H and O–H groups in total. The summed E-state index contributed by atoms with van der Waals surface area (Å²) in [6.07, 6.45) is 1.30. The van der Waals surface area contributed by atoms with Gasteiger partial charge in [0.2, 0.25) is 0 Å². The highest BCUT2D eigenvalue weighted by Crippen LogP contribution is 2.33. The van der Waals surface area contributed by atoms with Crippen LogP contribution in [0, 0.1) is 5.92 Å². The predicted octanol–water partition coefficient (Wildman–Crippen LogP) is 2.90. The summed E-state index contributed by atoms with van der Waals surface area (Å²) < 4.78 is 11.7. The molecule has 0 aromatic heterocycles. The van der Waals surface area contributed by atoms with Crippen LogP contribution < -0.4 is 14.8 Å². The van der Waals surface area contributed by atoms with E-state index >= 15 is 0 Å². The molecule has 4 nitrogen and oxygen atoms in total. The van der Waals surface area contributed by atoms with E-state index in [4.69, 9.17) is 9.47 Å². The topological polar surface area (TPSA) is 33.7 Å². The molecule has 1 aliphatic rings. The Balaban J connectivity index is 1.88. The molecule has 1 atom stereocenters. The van der Waals surface area contributed by atoms with Gasteiger partial charge in [0, 0.05) is 17.6 Å². The van der Waals surface area contributed by atoms with Gasteiger partial charge >= 0.3 is 0 Å². The zero-order valence-electron chi connectivity index (χ0n) is 13.1. The smallest absolute Gasteiger partial charge is 0.161 e. The largest absolute Gasteiger partial charge is 0.493 e. The van der Waals surface area contributed by atoms with E-state index < -0.39 is 0 Å². The molecule has 0 bridgehead atoms. The quantitative estimate of drug-likeness (QED) is 0.814. The van der Waals surface area contributed by atoms with Crippen molar-refractivity contribution in [3.05, 3.63) is 22.2 Å². The second-order valence-electron chi connectivity index (χ2n) is 5.48. The lowest BCUT2D eigenvalue weighted by molar-refractivity contribution is 0.338. The van der Waals surface area contributed by atoms with Crippen LogP contribution in [0.3, 0.4) is 0 Å². The van der Waals surface area contributed by atoms with Crippen molar-refractivity contribution < 1.29 is 9.47 Å². The van der Waals surface area contributed by atoms with Crippen LogP contribution >= 0.6 is 15.9 Å². The summed E-state index contributed by atoms with van der Waals surface area (Å²) in [6.45, 7) is 7.76. The summed E-state index contributed by atoms with van der Waals surface area (Å²) in [5, 5.41) is 3.56. The van der Waals surface area contributed by atoms with Crippen molar-refractivity contribution in [1.82, 2.24) is 10.2 Å². The van der Waals surface area contributed by atoms with E-state index in [1.54, 1.807) is 14.2 Å². The third-order valence-corrected chi connectivity index (χ3v) is 4.86. The normalized spacial score (nSPS) is 19.0. The molecule has 1 heterocycles. The molecule has 0 unspecified atom stereocenters. The number of methoxy groups -OCH3 is 2. The van der Waals surface area contributed by atoms with Gasteiger partial charge < -0.3 is 19.7 Å². The lowest BCUT2D eigenvalue weighted by Crippen LogP contribution is -2.26. The first kappa shape index (κ1) is 16.6. The van der Waals surface area contributed by atoms with Gasteiger partial charge in [0.05, 0.1) is 14.2 Å². The maximum Gasteiger partial charge on any atom is 0.161 e. The number of benzene rings is 1. The van der Waals surface area contributed by atoms with Crippen LogP contribution in [0.1, 0.15) is 18.9 Å². The van der Waals surface area contributed by atoms with Crippen molar-refractivity contribution in [3.63, 3.8) is 0 Å². The van der Waals surface area contributed by atoms with Crippen molar-refractivity contribution in [1.29, 1.82) is 0 Å².